The first-order chi connectivity index (χ1) is 10.1. The van der Waals surface area contributed by atoms with Gasteiger partial charge < -0.3 is 9.15 Å². The van der Waals surface area contributed by atoms with Gasteiger partial charge in [0.1, 0.15) is 5.58 Å². The van der Waals surface area contributed by atoms with Crippen molar-refractivity contribution in [2.75, 3.05) is 7.11 Å². The second kappa shape index (κ2) is 5.09. The summed E-state index contributed by atoms with van der Waals surface area (Å²) in [5.41, 5.74) is 1.10. The molecular weight excluding hydrogens is 268 g/mol. The molecule has 0 spiro atoms. The highest BCUT2D eigenvalue weighted by atomic mass is 16.5. The molecule has 0 aliphatic rings. The highest BCUT2D eigenvalue weighted by Gasteiger charge is 2.25. The summed E-state index contributed by atoms with van der Waals surface area (Å²) in [6.07, 6.45) is 1.55. The van der Waals surface area contributed by atoms with Gasteiger partial charge in [-0.05, 0) is 26.0 Å². The fraction of sp³-hybridized carbons (Fsp3) is 0.250. The third-order valence-electron chi connectivity index (χ3n) is 3.34. The first kappa shape index (κ1) is 13.4. The zero-order valence-electron chi connectivity index (χ0n) is 12.2. The number of ether oxygens (including phenoxy) is 1. The van der Waals surface area contributed by atoms with Gasteiger partial charge in [0, 0.05) is 11.4 Å². The number of fused-ring (bicyclic) bond motifs is 1. The summed E-state index contributed by atoms with van der Waals surface area (Å²) >= 11 is 0. The molecule has 108 valence electrons. The molecule has 3 rings (SSSR count). The van der Waals surface area contributed by atoms with Crippen LogP contribution in [0.3, 0.4) is 0 Å². The summed E-state index contributed by atoms with van der Waals surface area (Å²) in [6.45, 7) is 3.92. The van der Waals surface area contributed by atoms with Gasteiger partial charge in [-0.15, -0.1) is 0 Å². The number of hydrogen-bond donors (Lipinski definition) is 0. The molecular formula is C16H16N2O3. The molecule has 0 atom stereocenters. The Morgan fingerprint density at radius 2 is 2.10 bits per heavy atom. The normalized spacial score (nSPS) is 11.2. The Kier molecular flexibility index (Phi) is 3.25. The van der Waals surface area contributed by atoms with Gasteiger partial charge in [-0.3, -0.25) is 9.48 Å². The number of methoxy groups -OCH3 is 1. The van der Waals surface area contributed by atoms with Crippen LogP contribution in [0.5, 0.6) is 5.75 Å². The van der Waals surface area contributed by atoms with E-state index in [1.54, 1.807) is 16.9 Å². The Balaban J connectivity index is 2.11. The van der Waals surface area contributed by atoms with E-state index in [2.05, 4.69) is 5.10 Å². The summed E-state index contributed by atoms with van der Waals surface area (Å²) in [5.74, 6) is 0.514. The second-order valence-electron chi connectivity index (χ2n) is 5.08. The largest absolute Gasteiger partial charge is 0.493 e. The quantitative estimate of drug-likeness (QED) is 0.688. The van der Waals surface area contributed by atoms with Crippen molar-refractivity contribution in [2.24, 2.45) is 0 Å². The monoisotopic (exact) mass is 284 g/mol. The second-order valence-corrected chi connectivity index (χ2v) is 5.08. The van der Waals surface area contributed by atoms with Crippen LogP contribution < -0.4 is 4.74 Å². The van der Waals surface area contributed by atoms with Gasteiger partial charge in [0.25, 0.3) is 0 Å². The highest BCUT2D eigenvalue weighted by Crippen LogP contribution is 2.27. The molecule has 1 aromatic carbocycles. The van der Waals surface area contributed by atoms with Crippen molar-refractivity contribution < 1.29 is 13.9 Å². The Bertz CT molecular complexity index is 766. The molecule has 0 aliphatic carbocycles. The molecule has 0 fully saturated rings. The summed E-state index contributed by atoms with van der Waals surface area (Å²) in [4.78, 5) is 12.7. The van der Waals surface area contributed by atoms with E-state index in [9.17, 15) is 4.79 Å². The fourth-order valence-corrected chi connectivity index (χ4v) is 2.31. The number of furan rings is 1. The molecule has 2 aromatic heterocycles. The number of aromatic nitrogens is 2. The van der Waals surface area contributed by atoms with Crippen molar-refractivity contribution in [2.45, 2.75) is 19.9 Å². The van der Waals surface area contributed by atoms with Crippen molar-refractivity contribution in [1.29, 1.82) is 0 Å². The number of ketones is 1. The molecule has 0 saturated heterocycles. The van der Waals surface area contributed by atoms with E-state index in [4.69, 9.17) is 9.15 Å². The van der Waals surface area contributed by atoms with Crippen LogP contribution in [-0.4, -0.2) is 22.7 Å². The van der Waals surface area contributed by atoms with Gasteiger partial charge in [-0.25, -0.2) is 0 Å². The van der Waals surface area contributed by atoms with Gasteiger partial charge in [0.05, 0.1) is 13.3 Å². The van der Waals surface area contributed by atoms with Crippen LogP contribution in [0.15, 0.2) is 40.9 Å². The number of rotatable bonds is 4. The lowest BCUT2D eigenvalue weighted by Crippen LogP contribution is -2.13. The van der Waals surface area contributed by atoms with Crippen molar-refractivity contribution in [3.05, 3.63) is 48.0 Å². The zero-order valence-corrected chi connectivity index (χ0v) is 12.2. The van der Waals surface area contributed by atoms with E-state index in [1.165, 1.54) is 7.11 Å². The smallest absolute Gasteiger partial charge is 0.250 e. The molecule has 0 saturated carbocycles. The molecule has 0 bridgehead atoms. The standard InChI is InChI=1S/C16H16N2O3/c1-10(2)18-15(14(20-3)9-17-18)16(19)13-8-11-6-4-5-7-12(11)21-13/h4-10H,1-3H3. The molecule has 0 N–H and O–H groups in total. The molecule has 3 aromatic rings. The number of hydrogen-bond acceptors (Lipinski definition) is 4. The molecule has 0 radical (unpaired) electrons. The van der Waals surface area contributed by atoms with Crippen LogP contribution in [0.1, 0.15) is 36.1 Å². The average Bonchev–Trinajstić information content (AvgIpc) is 3.09. The Labute approximate surface area is 122 Å². The molecule has 21 heavy (non-hydrogen) atoms. The minimum Gasteiger partial charge on any atom is -0.493 e. The summed E-state index contributed by atoms with van der Waals surface area (Å²) in [7, 11) is 1.52. The summed E-state index contributed by atoms with van der Waals surface area (Å²) in [5, 5.41) is 5.11. The van der Waals surface area contributed by atoms with Gasteiger partial charge >= 0.3 is 0 Å². The van der Waals surface area contributed by atoms with Crippen molar-refractivity contribution in [1.82, 2.24) is 9.78 Å². The van der Waals surface area contributed by atoms with Crippen LogP contribution in [0.25, 0.3) is 11.0 Å². The van der Waals surface area contributed by atoms with E-state index < -0.39 is 0 Å². The molecule has 2 heterocycles. The van der Waals surface area contributed by atoms with Crippen LogP contribution in [0.4, 0.5) is 0 Å². The van der Waals surface area contributed by atoms with Crippen molar-refractivity contribution in [3.8, 4) is 5.75 Å². The summed E-state index contributed by atoms with van der Waals surface area (Å²) < 4.78 is 12.5. The van der Waals surface area contributed by atoms with Crippen LogP contribution in [0, 0.1) is 0 Å². The number of carbonyl (C=O) groups excluding carboxylic acids is 1. The lowest BCUT2D eigenvalue weighted by atomic mass is 10.2. The van der Waals surface area contributed by atoms with Gasteiger partial charge in [-0.1, -0.05) is 18.2 Å². The van der Waals surface area contributed by atoms with E-state index in [-0.39, 0.29) is 17.6 Å². The predicted molar refractivity (Wildman–Crippen MR) is 78.8 cm³/mol. The topological polar surface area (TPSA) is 57.3 Å². The minimum atomic E-state index is -0.228. The van der Waals surface area contributed by atoms with Crippen LogP contribution >= 0.6 is 0 Å². The number of carbonyl (C=O) groups is 1. The van der Waals surface area contributed by atoms with Crippen molar-refractivity contribution >= 4 is 16.8 Å². The summed E-state index contributed by atoms with van der Waals surface area (Å²) in [6, 6.07) is 9.33. The lowest BCUT2D eigenvalue weighted by Gasteiger charge is -2.10. The molecule has 5 nitrogen and oxygen atoms in total. The SMILES string of the molecule is COc1cnn(C(C)C)c1C(=O)c1cc2ccccc2o1. The highest BCUT2D eigenvalue weighted by molar-refractivity contribution is 6.09. The van der Waals surface area contributed by atoms with Gasteiger partial charge in [0.2, 0.25) is 5.78 Å². The number of benzene rings is 1. The average molecular weight is 284 g/mol. The van der Waals surface area contributed by atoms with Crippen molar-refractivity contribution in [3.63, 3.8) is 0 Å². The molecule has 5 heteroatoms. The molecule has 0 aliphatic heterocycles. The predicted octanol–water partition coefficient (Wildman–Crippen LogP) is 3.45. The number of para-hydroxylation sites is 1. The van der Waals surface area contributed by atoms with E-state index in [0.717, 1.165) is 5.39 Å². The maximum absolute atomic E-state index is 12.7. The van der Waals surface area contributed by atoms with Crippen LogP contribution in [-0.2, 0) is 0 Å². The van der Waals surface area contributed by atoms with Gasteiger partial charge in [-0.2, -0.15) is 5.10 Å². The maximum Gasteiger partial charge on any atom is 0.250 e. The Hall–Kier alpha value is -2.56. The number of nitrogens with zero attached hydrogens (tertiary/aromatic N) is 2. The maximum atomic E-state index is 12.7. The Morgan fingerprint density at radius 3 is 2.76 bits per heavy atom. The fourth-order valence-electron chi connectivity index (χ4n) is 2.31. The molecule has 0 amide bonds. The minimum absolute atomic E-state index is 0.0530. The van der Waals surface area contributed by atoms with E-state index in [0.29, 0.717) is 17.0 Å². The Morgan fingerprint density at radius 1 is 1.33 bits per heavy atom. The van der Waals surface area contributed by atoms with Crippen LogP contribution in [0.2, 0.25) is 0 Å². The lowest BCUT2D eigenvalue weighted by molar-refractivity contribution is 0.0996. The van der Waals surface area contributed by atoms with Gasteiger partial charge in [0.15, 0.2) is 17.2 Å². The first-order valence-corrected chi connectivity index (χ1v) is 6.76. The van der Waals surface area contributed by atoms with E-state index >= 15 is 0 Å². The third-order valence-corrected chi connectivity index (χ3v) is 3.34. The molecule has 0 unspecified atom stereocenters. The first-order valence-electron chi connectivity index (χ1n) is 6.76. The van der Waals surface area contributed by atoms with E-state index in [1.807, 2.05) is 38.1 Å². The zero-order chi connectivity index (χ0) is 15.0. The third kappa shape index (κ3) is 2.20.